The summed E-state index contributed by atoms with van der Waals surface area (Å²) in [5, 5.41) is 8.65. The number of hydrogen-bond acceptors (Lipinski definition) is 1. The number of amides is 1. The fourth-order valence-corrected chi connectivity index (χ4v) is 2.14. The maximum atomic E-state index is 12.7. The van der Waals surface area contributed by atoms with Gasteiger partial charge in [-0.05, 0) is 24.0 Å². The number of hydrogen-bond donors (Lipinski definition) is 1. The molecule has 0 aliphatic carbocycles. The number of rotatable bonds is 2. The van der Waals surface area contributed by atoms with Gasteiger partial charge >= 0.3 is 12.3 Å². The van der Waals surface area contributed by atoms with Gasteiger partial charge in [0.2, 0.25) is 0 Å². The Morgan fingerprint density at radius 2 is 1.94 bits per heavy atom. The average molecular weight is 259 g/mol. The summed E-state index contributed by atoms with van der Waals surface area (Å²) in [5.41, 5.74) is -0.390. The molecule has 1 aromatic carbocycles. The molecule has 1 saturated heterocycles. The Balaban J connectivity index is 2.05. The standard InChI is InChI=1S/C12H12F3NO2/c13-12(14,15)10-4-2-1-3-9(10)5-8-6-16(7-8)11(17)18/h1-4,8H,5-7H2,(H,17,18). The summed E-state index contributed by atoms with van der Waals surface area (Å²) in [4.78, 5) is 11.7. The Labute approximate surface area is 102 Å². The van der Waals surface area contributed by atoms with Crippen LogP contribution in [0.2, 0.25) is 0 Å². The van der Waals surface area contributed by atoms with Crippen molar-refractivity contribution in [1.82, 2.24) is 4.90 Å². The molecule has 3 nitrogen and oxygen atoms in total. The van der Waals surface area contributed by atoms with E-state index < -0.39 is 17.8 Å². The Kier molecular flexibility index (Phi) is 3.19. The quantitative estimate of drug-likeness (QED) is 0.887. The molecule has 0 bridgehead atoms. The number of carbonyl (C=O) groups is 1. The van der Waals surface area contributed by atoms with Gasteiger partial charge in [-0.1, -0.05) is 18.2 Å². The van der Waals surface area contributed by atoms with E-state index in [9.17, 15) is 18.0 Å². The maximum Gasteiger partial charge on any atom is 0.416 e. The number of likely N-dealkylation sites (tertiary alicyclic amines) is 1. The van der Waals surface area contributed by atoms with Gasteiger partial charge in [0.25, 0.3) is 0 Å². The molecule has 1 heterocycles. The number of halogens is 3. The third-order valence-electron chi connectivity index (χ3n) is 3.06. The van der Waals surface area contributed by atoms with E-state index in [0.29, 0.717) is 13.1 Å². The van der Waals surface area contributed by atoms with Gasteiger partial charge in [0.05, 0.1) is 5.56 Å². The van der Waals surface area contributed by atoms with Crippen molar-refractivity contribution in [2.75, 3.05) is 13.1 Å². The van der Waals surface area contributed by atoms with Crippen LogP contribution in [0.3, 0.4) is 0 Å². The molecule has 0 spiro atoms. The predicted molar refractivity (Wildman–Crippen MR) is 58.2 cm³/mol. The molecule has 0 atom stereocenters. The number of carboxylic acid groups (broad SMARTS) is 1. The lowest BCUT2D eigenvalue weighted by molar-refractivity contribution is -0.138. The van der Waals surface area contributed by atoms with Crippen LogP contribution >= 0.6 is 0 Å². The SMILES string of the molecule is O=C(O)N1CC(Cc2ccccc2C(F)(F)F)C1. The molecular formula is C12H12F3NO2. The van der Waals surface area contributed by atoms with E-state index in [1.54, 1.807) is 6.07 Å². The highest BCUT2D eigenvalue weighted by atomic mass is 19.4. The van der Waals surface area contributed by atoms with Gasteiger partial charge in [-0.2, -0.15) is 13.2 Å². The first-order chi connectivity index (χ1) is 8.38. The third kappa shape index (κ3) is 2.57. The van der Waals surface area contributed by atoms with Gasteiger partial charge in [0.1, 0.15) is 0 Å². The van der Waals surface area contributed by atoms with E-state index in [4.69, 9.17) is 5.11 Å². The maximum absolute atomic E-state index is 12.7. The molecule has 98 valence electrons. The van der Waals surface area contributed by atoms with E-state index in [2.05, 4.69) is 0 Å². The largest absolute Gasteiger partial charge is 0.465 e. The molecular weight excluding hydrogens is 247 g/mol. The van der Waals surface area contributed by atoms with Crippen LogP contribution in [0.1, 0.15) is 11.1 Å². The minimum absolute atomic E-state index is 0.0235. The monoisotopic (exact) mass is 259 g/mol. The van der Waals surface area contributed by atoms with Crippen molar-refractivity contribution in [2.45, 2.75) is 12.6 Å². The number of alkyl halides is 3. The van der Waals surface area contributed by atoms with Crippen molar-refractivity contribution in [3.8, 4) is 0 Å². The van der Waals surface area contributed by atoms with Crippen LogP contribution < -0.4 is 0 Å². The molecule has 1 aliphatic heterocycles. The molecule has 6 heteroatoms. The van der Waals surface area contributed by atoms with Crippen molar-refractivity contribution in [3.63, 3.8) is 0 Å². The van der Waals surface area contributed by atoms with Gasteiger partial charge in [0.15, 0.2) is 0 Å². The summed E-state index contributed by atoms with van der Waals surface area (Å²) >= 11 is 0. The molecule has 1 aromatic rings. The topological polar surface area (TPSA) is 40.5 Å². The number of benzene rings is 1. The molecule has 1 amide bonds. The van der Waals surface area contributed by atoms with Crippen molar-refractivity contribution < 1.29 is 23.1 Å². The second-order valence-electron chi connectivity index (χ2n) is 4.41. The molecule has 0 unspecified atom stereocenters. The molecule has 18 heavy (non-hydrogen) atoms. The Morgan fingerprint density at radius 1 is 1.33 bits per heavy atom. The summed E-state index contributed by atoms with van der Waals surface area (Å²) in [5.74, 6) is -0.0235. The molecule has 2 rings (SSSR count). The average Bonchev–Trinajstić information content (AvgIpc) is 2.21. The summed E-state index contributed by atoms with van der Waals surface area (Å²) in [6, 6.07) is 5.43. The van der Waals surface area contributed by atoms with E-state index >= 15 is 0 Å². The highest BCUT2D eigenvalue weighted by Crippen LogP contribution is 2.33. The zero-order chi connectivity index (χ0) is 13.3. The van der Waals surface area contributed by atoms with E-state index in [1.165, 1.54) is 17.0 Å². The van der Waals surface area contributed by atoms with Gasteiger partial charge in [-0.3, -0.25) is 0 Å². The smallest absolute Gasteiger partial charge is 0.416 e. The lowest BCUT2D eigenvalue weighted by atomic mass is 9.90. The van der Waals surface area contributed by atoms with E-state index in [0.717, 1.165) is 6.07 Å². The van der Waals surface area contributed by atoms with Crippen LogP contribution in [-0.4, -0.2) is 29.2 Å². The minimum Gasteiger partial charge on any atom is -0.465 e. The molecule has 1 N–H and O–H groups in total. The Hall–Kier alpha value is -1.72. The number of nitrogens with zero attached hydrogens (tertiary/aromatic N) is 1. The first-order valence-electron chi connectivity index (χ1n) is 5.51. The first-order valence-corrected chi connectivity index (χ1v) is 5.51. The lowest BCUT2D eigenvalue weighted by Crippen LogP contribution is -2.50. The molecule has 0 aromatic heterocycles. The highest BCUT2D eigenvalue weighted by molar-refractivity contribution is 5.66. The van der Waals surface area contributed by atoms with Gasteiger partial charge < -0.3 is 10.0 Å². The zero-order valence-corrected chi connectivity index (χ0v) is 9.44. The van der Waals surface area contributed by atoms with Crippen LogP contribution in [0.25, 0.3) is 0 Å². The van der Waals surface area contributed by atoms with Crippen LogP contribution in [0.4, 0.5) is 18.0 Å². The van der Waals surface area contributed by atoms with Crippen LogP contribution in [0.5, 0.6) is 0 Å². The summed E-state index contributed by atoms with van der Waals surface area (Å²) < 4.78 is 38.2. The minimum atomic E-state index is -4.35. The van der Waals surface area contributed by atoms with E-state index in [-0.39, 0.29) is 17.9 Å². The van der Waals surface area contributed by atoms with Crippen LogP contribution in [0.15, 0.2) is 24.3 Å². The van der Waals surface area contributed by atoms with Gasteiger partial charge in [-0.15, -0.1) is 0 Å². The fraction of sp³-hybridized carbons (Fsp3) is 0.417. The first kappa shape index (κ1) is 12.7. The summed E-state index contributed by atoms with van der Waals surface area (Å²) in [7, 11) is 0. The van der Waals surface area contributed by atoms with Crippen LogP contribution in [0, 0.1) is 5.92 Å². The van der Waals surface area contributed by atoms with E-state index in [1.807, 2.05) is 0 Å². The Bertz CT molecular complexity index is 453. The normalized spacial score (nSPS) is 16.5. The lowest BCUT2D eigenvalue weighted by Gasteiger charge is -2.37. The second kappa shape index (κ2) is 4.51. The molecule has 0 radical (unpaired) electrons. The second-order valence-corrected chi connectivity index (χ2v) is 4.41. The fourth-order valence-electron chi connectivity index (χ4n) is 2.14. The summed E-state index contributed by atoms with van der Waals surface area (Å²) in [6.07, 6.45) is -5.11. The van der Waals surface area contributed by atoms with Crippen molar-refractivity contribution in [2.24, 2.45) is 5.92 Å². The van der Waals surface area contributed by atoms with Crippen LogP contribution in [-0.2, 0) is 12.6 Å². The van der Waals surface area contributed by atoms with Crippen molar-refractivity contribution in [1.29, 1.82) is 0 Å². The van der Waals surface area contributed by atoms with Crippen molar-refractivity contribution >= 4 is 6.09 Å². The summed E-state index contributed by atoms with van der Waals surface area (Å²) in [6.45, 7) is 0.614. The molecule has 0 saturated carbocycles. The van der Waals surface area contributed by atoms with Gasteiger partial charge in [0, 0.05) is 13.1 Å². The third-order valence-corrected chi connectivity index (χ3v) is 3.06. The zero-order valence-electron chi connectivity index (χ0n) is 9.44. The highest BCUT2D eigenvalue weighted by Gasteiger charge is 2.36. The van der Waals surface area contributed by atoms with Crippen molar-refractivity contribution in [3.05, 3.63) is 35.4 Å². The molecule has 1 aliphatic rings. The predicted octanol–water partition coefficient (Wildman–Crippen LogP) is 2.86. The van der Waals surface area contributed by atoms with Gasteiger partial charge in [-0.25, -0.2) is 4.79 Å². The molecule has 1 fully saturated rings. The Morgan fingerprint density at radius 3 is 2.50 bits per heavy atom.